The lowest BCUT2D eigenvalue weighted by Gasteiger charge is -2.17. The first-order valence-electron chi connectivity index (χ1n) is 13.6. The highest BCUT2D eigenvalue weighted by molar-refractivity contribution is 5.73. The number of benzene rings is 4. The summed E-state index contributed by atoms with van der Waals surface area (Å²) in [6.45, 7) is 0. The molecule has 0 heterocycles. The molecule has 0 aliphatic carbocycles. The topological polar surface area (TPSA) is 95.8 Å². The molecule has 0 bridgehead atoms. The number of rotatable bonds is 13. The highest BCUT2D eigenvalue weighted by Gasteiger charge is 2.17. The highest BCUT2D eigenvalue weighted by atomic mass is 16.5. The number of aryl methyl sites for hydroxylation is 4. The number of hydrogen-bond donors (Lipinski definition) is 2. The predicted molar refractivity (Wildman–Crippen MR) is 162 cm³/mol. The van der Waals surface area contributed by atoms with Crippen molar-refractivity contribution in [3.63, 3.8) is 0 Å². The third-order valence-corrected chi connectivity index (χ3v) is 7.28. The minimum Gasteiger partial charge on any atom is -0.508 e. The minimum atomic E-state index is 0.191. The zero-order valence-electron chi connectivity index (χ0n) is 24.9. The van der Waals surface area contributed by atoms with E-state index in [1.165, 1.54) is 0 Å². The van der Waals surface area contributed by atoms with E-state index in [0.29, 0.717) is 60.2 Å². The molecule has 222 valence electrons. The number of methoxy groups -OCH3 is 6. The molecule has 0 saturated heterocycles. The first kappa shape index (κ1) is 30.2. The third-order valence-electron chi connectivity index (χ3n) is 7.28. The van der Waals surface area contributed by atoms with Gasteiger partial charge in [0.15, 0.2) is 23.0 Å². The van der Waals surface area contributed by atoms with Crippen LogP contribution in [0, 0.1) is 0 Å². The summed E-state index contributed by atoms with van der Waals surface area (Å²) in [7, 11) is 9.54. The van der Waals surface area contributed by atoms with E-state index < -0.39 is 0 Å². The summed E-state index contributed by atoms with van der Waals surface area (Å²) in [5.41, 5.74) is 5.94. The fourth-order valence-corrected chi connectivity index (χ4v) is 5.22. The van der Waals surface area contributed by atoms with Gasteiger partial charge in [-0.2, -0.15) is 0 Å². The van der Waals surface area contributed by atoms with Crippen molar-refractivity contribution >= 4 is 0 Å². The SMILES string of the molecule is COc1cc(CCc2cc(O)ccc2-c2ccc(O)cc2CCc2cc(OC)c(OC)c(OC)c2)cc(OC)c1OC. The largest absolute Gasteiger partial charge is 0.508 e. The quantitative estimate of drug-likeness (QED) is 0.190. The van der Waals surface area contributed by atoms with Crippen molar-refractivity contribution < 1.29 is 38.6 Å². The van der Waals surface area contributed by atoms with Crippen molar-refractivity contribution in [2.45, 2.75) is 25.7 Å². The molecule has 2 N–H and O–H groups in total. The lowest BCUT2D eigenvalue weighted by Crippen LogP contribution is -2.01. The Labute approximate surface area is 247 Å². The first-order valence-corrected chi connectivity index (χ1v) is 13.6. The van der Waals surface area contributed by atoms with Gasteiger partial charge in [-0.25, -0.2) is 0 Å². The zero-order valence-corrected chi connectivity index (χ0v) is 24.9. The van der Waals surface area contributed by atoms with Crippen molar-refractivity contribution in [1.82, 2.24) is 0 Å². The lowest BCUT2D eigenvalue weighted by atomic mass is 9.90. The summed E-state index contributed by atoms with van der Waals surface area (Å²) in [4.78, 5) is 0. The molecule has 0 saturated carbocycles. The Morgan fingerprint density at radius 2 is 0.762 bits per heavy atom. The summed E-state index contributed by atoms with van der Waals surface area (Å²) in [6, 6.07) is 18.6. The van der Waals surface area contributed by atoms with Crippen LogP contribution in [0.15, 0.2) is 60.7 Å². The van der Waals surface area contributed by atoms with Gasteiger partial charge in [-0.15, -0.1) is 0 Å². The van der Waals surface area contributed by atoms with Gasteiger partial charge in [0.2, 0.25) is 11.5 Å². The van der Waals surface area contributed by atoms with Crippen LogP contribution in [0.3, 0.4) is 0 Å². The van der Waals surface area contributed by atoms with E-state index in [-0.39, 0.29) is 11.5 Å². The molecule has 0 atom stereocenters. The van der Waals surface area contributed by atoms with E-state index >= 15 is 0 Å². The third kappa shape index (κ3) is 6.60. The number of phenolic OH excluding ortho intramolecular Hbond substituents is 2. The smallest absolute Gasteiger partial charge is 0.203 e. The maximum atomic E-state index is 10.4. The van der Waals surface area contributed by atoms with Crippen molar-refractivity contribution in [2.75, 3.05) is 42.7 Å². The predicted octanol–water partition coefficient (Wildman–Crippen LogP) is 6.39. The van der Waals surface area contributed by atoms with Gasteiger partial charge < -0.3 is 38.6 Å². The van der Waals surface area contributed by atoms with Gasteiger partial charge in [-0.1, -0.05) is 12.1 Å². The van der Waals surface area contributed by atoms with Gasteiger partial charge in [0.25, 0.3) is 0 Å². The zero-order chi connectivity index (χ0) is 30.2. The molecule has 0 aliphatic heterocycles. The van der Waals surface area contributed by atoms with Crippen LogP contribution in [0.5, 0.6) is 46.0 Å². The summed E-state index contributed by atoms with van der Waals surface area (Å²) in [5, 5.41) is 20.8. The van der Waals surface area contributed by atoms with Crippen LogP contribution in [0.25, 0.3) is 11.1 Å². The van der Waals surface area contributed by atoms with Crippen LogP contribution in [0.2, 0.25) is 0 Å². The molecule has 8 nitrogen and oxygen atoms in total. The van der Waals surface area contributed by atoms with E-state index in [0.717, 1.165) is 33.4 Å². The molecule has 42 heavy (non-hydrogen) atoms. The van der Waals surface area contributed by atoms with Crippen LogP contribution in [0.1, 0.15) is 22.3 Å². The Morgan fingerprint density at radius 3 is 1.05 bits per heavy atom. The van der Waals surface area contributed by atoms with E-state index in [2.05, 4.69) is 0 Å². The molecular weight excluding hydrogens is 536 g/mol. The van der Waals surface area contributed by atoms with Gasteiger partial charge in [0, 0.05) is 0 Å². The fourth-order valence-electron chi connectivity index (χ4n) is 5.22. The Bertz CT molecular complexity index is 1360. The summed E-state index contributed by atoms with van der Waals surface area (Å²) < 4.78 is 33.0. The Balaban J connectivity index is 1.65. The van der Waals surface area contributed by atoms with Crippen molar-refractivity contribution in [1.29, 1.82) is 0 Å². The van der Waals surface area contributed by atoms with Gasteiger partial charge >= 0.3 is 0 Å². The van der Waals surface area contributed by atoms with E-state index in [1.54, 1.807) is 66.9 Å². The standard InChI is InChI=1S/C34H38O8/c1-37-29-15-21(16-30(38-2)33(29)41-5)7-9-23-19-25(35)11-13-27(23)28-14-12-26(36)20-24(28)10-8-22-17-31(39-3)34(42-6)32(18-22)40-4/h11-20,35-36H,7-10H2,1-6H3. The molecule has 4 aromatic carbocycles. The van der Waals surface area contributed by atoms with Crippen molar-refractivity contribution in [2.24, 2.45) is 0 Å². The summed E-state index contributed by atoms with van der Waals surface area (Å²) in [5.74, 6) is 3.84. The van der Waals surface area contributed by atoms with Crippen molar-refractivity contribution in [3.8, 4) is 57.1 Å². The van der Waals surface area contributed by atoms with Crippen molar-refractivity contribution in [3.05, 3.63) is 82.9 Å². The highest BCUT2D eigenvalue weighted by Crippen LogP contribution is 2.40. The first-order chi connectivity index (χ1) is 20.3. The molecule has 0 spiro atoms. The average Bonchev–Trinajstić information content (AvgIpc) is 3.01. The molecular formula is C34H38O8. The summed E-state index contributed by atoms with van der Waals surface area (Å²) in [6.07, 6.45) is 2.64. The maximum absolute atomic E-state index is 10.4. The van der Waals surface area contributed by atoms with E-state index in [9.17, 15) is 10.2 Å². The minimum absolute atomic E-state index is 0.191. The second-order valence-electron chi connectivity index (χ2n) is 9.75. The normalized spacial score (nSPS) is 10.7. The molecule has 0 aromatic heterocycles. The molecule has 0 fully saturated rings. The van der Waals surface area contributed by atoms with Crippen LogP contribution in [-0.2, 0) is 25.7 Å². The van der Waals surface area contributed by atoms with Crippen LogP contribution >= 0.6 is 0 Å². The maximum Gasteiger partial charge on any atom is 0.203 e. The number of ether oxygens (including phenoxy) is 6. The van der Waals surface area contributed by atoms with E-state index in [1.807, 2.05) is 36.4 Å². The van der Waals surface area contributed by atoms with Gasteiger partial charge in [0.05, 0.1) is 42.7 Å². The second kappa shape index (κ2) is 13.8. The number of phenols is 2. The second-order valence-corrected chi connectivity index (χ2v) is 9.75. The Morgan fingerprint density at radius 1 is 0.429 bits per heavy atom. The van der Waals surface area contributed by atoms with Gasteiger partial charge in [-0.3, -0.25) is 0 Å². The molecule has 0 aliphatic rings. The lowest BCUT2D eigenvalue weighted by molar-refractivity contribution is 0.324. The van der Waals surface area contributed by atoms with Crippen LogP contribution in [-0.4, -0.2) is 52.9 Å². The molecule has 4 rings (SSSR count). The monoisotopic (exact) mass is 574 g/mol. The molecule has 0 unspecified atom stereocenters. The number of hydrogen-bond acceptors (Lipinski definition) is 8. The molecule has 8 heteroatoms. The summed E-state index contributed by atoms with van der Waals surface area (Å²) >= 11 is 0. The molecule has 4 aromatic rings. The Hall–Kier alpha value is -4.72. The molecule has 0 amide bonds. The van der Waals surface area contributed by atoms with Gasteiger partial charge in [-0.05, 0) is 108 Å². The fraction of sp³-hybridized carbons (Fsp3) is 0.294. The van der Waals surface area contributed by atoms with Crippen LogP contribution < -0.4 is 28.4 Å². The Kier molecular flexibility index (Phi) is 9.91. The van der Waals surface area contributed by atoms with Gasteiger partial charge in [0.1, 0.15) is 11.5 Å². The van der Waals surface area contributed by atoms with Crippen LogP contribution in [0.4, 0.5) is 0 Å². The van der Waals surface area contributed by atoms with E-state index in [4.69, 9.17) is 28.4 Å². The molecule has 0 radical (unpaired) electrons. The number of aromatic hydroxyl groups is 2. The average molecular weight is 575 g/mol.